The van der Waals surface area contributed by atoms with Crippen LogP contribution in [-0.2, 0) is 28.4 Å². The van der Waals surface area contributed by atoms with Gasteiger partial charge in [0.2, 0.25) is 0 Å². The molecule has 0 amide bonds. The average molecular weight is 276 g/mol. The molecular formula is C7H10F2O7S. The first-order valence-electron chi connectivity index (χ1n) is 4.14. The Morgan fingerprint density at radius 3 is 2.53 bits per heavy atom. The highest BCUT2D eigenvalue weighted by Crippen LogP contribution is 2.31. The molecule has 0 bridgehead atoms. The smallest absolute Gasteiger partial charge is 0.415 e. The highest BCUT2D eigenvalue weighted by atomic mass is 32.2. The second kappa shape index (κ2) is 7.37. The van der Waals surface area contributed by atoms with Crippen molar-refractivity contribution >= 4 is 24.0 Å². The van der Waals surface area contributed by atoms with Crippen LogP contribution in [0.5, 0.6) is 0 Å². The molecule has 0 heterocycles. The lowest BCUT2D eigenvalue weighted by molar-refractivity contribution is -0.433. The van der Waals surface area contributed by atoms with Crippen LogP contribution in [0.15, 0.2) is 0 Å². The van der Waals surface area contributed by atoms with Crippen molar-refractivity contribution < 1.29 is 42.5 Å². The molecule has 7 nitrogen and oxygen atoms in total. The van der Waals surface area contributed by atoms with Gasteiger partial charge in [0.25, 0.3) is 0 Å². The van der Waals surface area contributed by atoms with Crippen molar-refractivity contribution in [2.45, 2.75) is 12.2 Å². The molecule has 0 aliphatic carbocycles. The van der Waals surface area contributed by atoms with Gasteiger partial charge in [-0.05, 0) is 6.92 Å². The maximum absolute atomic E-state index is 12.8. The lowest BCUT2D eigenvalue weighted by Crippen LogP contribution is -2.30. The third-order valence-electron chi connectivity index (χ3n) is 1.47. The Morgan fingerprint density at radius 2 is 2.06 bits per heavy atom. The first kappa shape index (κ1) is 16.0. The molecule has 10 heteroatoms. The molecule has 0 fully saturated rings. The Morgan fingerprint density at radius 1 is 1.47 bits per heavy atom. The van der Waals surface area contributed by atoms with Gasteiger partial charge in [-0.25, -0.2) is 10.1 Å². The Bertz CT molecular complexity index is 273. The molecule has 0 spiro atoms. The number of halogens is 2. The maximum atomic E-state index is 12.8. The van der Waals surface area contributed by atoms with Crippen LogP contribution in [0.2, 0.25) is 0 Å². The molecule has 0 aromatic rings. The number of alkyl halides is 2. The molecule has 100 valence electrons. The van der Waals surface area contributed by atoms with Gasteiger partial charge >= 0.3 is 17.2 Å². The van der Waals surface area contributed by atoms with E-state index < -0.39 is 41.8 Å². The minimum absolute atomic E-state index is 0.568. The standard InChI is InChI=1S/C7H10F2O7S/c1-4(5(10)13-2)3-14-6(11)7(8,9)17-16-15-12/h4,12H,3H2,1-2H3. The number of hydrogen-bond acceptors (Lipinski definition) is 8. The molecule has 0 aromatic heterocycles. The Kier molecular flexibility index (Phi) is 6.95. The van der Waals surface area contributed by atoms with Gasteiger partial charge in [-0.3, -0.25) is 4.79 Å². The quantitative estimate of drug-likeness (QED) is 0.319. The number of carbonyl (C=O) groups excluding carboxylic acids is 2. The van der Waals surface area contributed by atoms with Crippen molar-refractivity contribution in [2.24, 2.45) is 5.92 Å². The fourth-order valence-corrected chi connectivity index (χ4v) is 0.889. The zero-order chi connectivity index (χ0) is 13.5. The zero-order valence-corrected chi connectivity index (χ0v) is 9.66. The number of rotatable bonds is 7. The minimum atomic E-state index is -4.07. The average Bonchev–Trinajstić information content (AvgIpc) is 2.31. The molecule has 0 aromatic carbocycles. The predicted octanol–water partition coefficient (Wildman–Crippen LogP) is 1.00. The minimum Gasteiger partial charge on any atom is -0.469 e. The first-order chi connectivity index (χ1) is 7.85. The van der Waals surface area contributed by atoms with E-state index in [0.29, 0.717) is 0 Å². The fourth-order valence-electron chi connectivity index (χ4n) is 0.646. The number of carbonyl (C=O) groups is 2. The predicted molar refractivity (Wildman–Crippen MR) is 49.5 cm³/mol. The second-order valence-electron chi connectivity index (χ2n) is 2.77. The van der Waals surface area contributed by atoms with Crippen LogP contribution >= 0.6 is 12.0 Å². The molecule has 0 aliphatic rings. The third kappa shape index (κ3) is 5.77. The summed E-state index contributed by atoms with van der Waals surface area (Å²) in [6, 6.07) is 0. The normalized spacial score (nSPS) is 13.0. The van der Waals surface area contributed by atoms with Crippen molar-refractivity contribution in [3.63, 3.8) is 0 Å². The Labute approximate surface area is 99.0 Å². The van der Waals surface area contributed by atoms with E-state index in [9.17, 15) is 18.4 Å². The molecule has 1 N–H and O–H groups in total. The van der Waals surface area contributed by atoms with E-state index >= 15 is 0 Å². The van der Waals surface area contributed by atoms with Gasteiger partial charge in [-0.1, -0.05) is 5.04 Å². The summed E-state index contributed by atoms with van der Waals surface area (Å²) in [5.41, 5.74) is 0. The van der Waals surface area contributed by atoms with E-state index in [0.717, 1.165) is 7.11 Å². The summed E-state index contributed by atoms with van der Waals surface area (Å²) in [5.74, 6) is -3.52. The van der Waals surface area contributed by atoms with Crippen molar-refractivity contribution in [1.82, 2.24) is 0 Å². The number of ether oxygens (including phenoxy) is 2. The number of esters is 2. The molecule has 1 atom stereocenters. The summed E-state index contributed by atoms with van der Waals surface area (Å²) in [6.07, 6.45) is 0. The number of hydrogen-bond donors (Lipinski definition) is 1. The van der Waals surface area contributed by atoms with E-state index in [4.69, 9.17) is 5.26 Å². The molecule has 0 saturated heterocycles. The zero-order valence-electron chi connectivity index (χ0n) is 8.85. The van der Waals surface area contributed by atoms with Gasteiger partial charge in [-0.2, -0.15) is 8.78 Å². The lowest BCUT2D eigenvalue weighted by Gasteiger charge is -2.14. The fraction of sp³-hybridized carbons (Fsp3) is 0.714. The summed E-state index contributed by atoms with van der Waals surface area (Å²) < 4.78 is 37.5. The third-order valence-corrected chi connectivity index (χ3v) is 1.98. The molecule has 0 radical (unpaired) electrons. The Balaban J connectivity index is 4.12. The summed E-state index contributed by atoms with van der Waals surface area (Å²) in [4.78, 5) is 21.7. The highest BCUT2D eigenvalue weighted by molar-refractivity contribution is 7.96. The van der Waals surface area contributed by atoms with Crippen LogP contribution in [0.1, 0.15) is 6.92 Å². The van der Waals surface area contributed by atoms with Crippen molar-refractivity contribution in [3.8, 4) is 0 Å². The van der Waals surface area contributed by atoms with Gasteiger partial charge in [0.15, 0.2) is 0 Å². The molecular weight excluding hydrogens is 266 g/mol. The second-order valence-corrected chi connectivity index (χ2v) is 3.58. The van der Waals surface area contributed by atoms with Gasteiger partial charge < -0.3 is 9.47 Å². The van der Waals surface area contributed by atoms with Crippen molar-refractivity contribution in [2.75, 3.05) is 13.7 Å². The lowest BCUT2D eigenvalue weighted by atomic mass is 10.2. The monoisotopic (exact) mass is 276 g/mol. The van der Waals surface area contributed by atoms with E-state index in [-0.39, 0.29) is 0 Å². The van der Waals surface area contributed by atoms with Crippen LogP contribution in [-0.4, -0.2) is 36.2 Å². The van der Waals surface area contributed by atoms with E-state index in [1.807, 2.05) is 0 Å². The largest absolute Gasteiger partial charge is 0.469 e. The Hall–Kier alpha value is -0.970. The molecule has 0 aliphatic heterocycles. The van der Waals surface area contributed by atoms with Crippen LogP contribution in [0.4, 0.5) is 8.78 Å². The highest BCUT2D eigenvalue weighted by Gasteiger charge is 2.44. The summed E-state index contributed by atoms with van der Waals surface area (Å²) in [7, 11) is 1.11. The first-order valence-corrected chi connectivity index (χ1v) is 4.88. The van der Waals surface area contributed by atoms with Crippen molar-refractivity contribution in [3.05, 3.63) is 0 Å². The van der Waals surface area contributed by atoms with E-state index in [1.165, 1.54) is 6.92 Å². The van der Waals surface area contributed by atoms with Gasteiger partial charge in [0, 0.05) is 0 Å². The van der Waals surface area contributed by atoms with Gasteiger partial charge in [0.05, 0.1) is 13.0 Å². The summed E-state index contributed by atoms with van der Waals surface area (Å²) >= 11 is -0.744. The van der Waals surface area contributed by atoms with Crippen LogP contribution in [0.3, 0.4) is 0 Å². The summed E-state index contributed by atoms with van der Waals surface area (Å²) in [6.45, 7) is 0.763. The molecule has 0 rings (SSSR count). The van der Waals surface area contributed by atoms with E-state index in [1.54, 1.807) is 0 Å². The summed E-state index contributed by atoms with van der Waals surface area (Å²) in [5, 5.41) is 6.48. The van der Waals surface area contributed by atoms with Crippen LogP contribution in [0, 0.1) is 5.92 Å². The molecule has 17 heavy (non-hydrogen) atoms. The van der Waals surface area contributed by atoms with E-state index in [2.05, 4.69) is 18.8 Å². The van der Waals surface area contributed by atoms with Crippen LogP contribution in [0.25, 0.3) is 0 Å². The van der Waals surface area contributed by atoms with Gasteiger partial charge in [0.1, 0.15) is 18.6 Å². The topological polar surface area (TPSA) is 91.3 Å². The van der Waals surface area contributed by atoms with Gasteiger partial charge in [-0.15, -0.1) is 4.33 Å². The SMILES string of the molecule is COC(=O)C(C)COC(=O)C(F)(F)SOOO. The van der Waals surface area contributed by atoms with Crippen LogP contribution < -0.4 is 0 Å². The van der Waals surface area contributed by atoms with Crippen molar-refractivity contribution in [1.29, 1.82) is 0 Å². The number of methoxy groups -OCH3 is 1. The maximum Gasteiger partial charge on any atom is 0.415 e. The molecule has 1 unspecified atom stereocenters. The molecule has 0 saturated carbocycles.